The molecule has 0 radical (unpaired) electrons. The predicted octanol–water partition coefficient (Wildman–Crippen LogP) is 3.54. The summed E-state index contributed by atoms with van der Waals surface area (Å²) in [6.07, 6.45) is 1.87. The van der Waals surface area contributed by atoms with Gasteiger partial charge in [-0.05, 0) is 42.2 Å². The molecule has 3 heteroatoms. The monoisotopic (exact) mass is 280 g/mol. The number of rotatable bonds is 4. The van der Waals surface area contributed by atoms with E-state index in [1.54, 1.807) is 0 Å². The lowest BCUT2D eigenvalue weighted by molar-refractivity contribution is 0.0935. The van der Waals surface area contributed by atoms with Gasteiger partial charge in [0.05, 0.1) is 6.04 Å². The van der Waals surface area contributed by atoms with Gasteiger partial charge in [-0.3, -0.25) is 4.79 Å². The first-order chi connectivity index (χ1) is 10.3. The molecule has 1 amide bonds. The lowest BCUT2D eigenvalue weighted by atomic mass is 10.0. The number of anilines is 1. The van der Waals surface area contributed by atoms with Gasteiger partial charge in [-0.1, -0.05) is 37.3 Å². The minimum atomic E-state index is 0.000373. The minimum absolute atomic E-state index is 0.000373. The summed E-state index contributed by atoms with van der Waals surface area (Å²) < 4.78 is 0. The van der Waals surface area contributed by atoms with Gasteiger partial charge in [-0.25, -0.2) is 0 Å². The van der Waals surface area contributed by atoms with Crippen LogP contribution in [0.5, 0.6) is 0 Å². The summed E-state index contributed by atoms with van der Waals surface area (Å²) in [5, 5.41) is 6.44. The van der Waals surface area contributed by atoms with E-state index in [1.165, 1.54) is 5.56 Å². The highest BCUT2D eigenvalue weighted by Gasteiger charge is 2.16. The van der Waals surface area contributed by atoms with Gasteiger partial charge < -0.3 is 10.6 Å². The highest BCUT2D eigenvalue weighted by atomic mass is 16.1. The van der Waals surface area contributed by atoms with E-state index < -0.39 is 0 Å². The Morgan fingerprint density at radius 2 is 2.05 bits per heavy atom. The number of nitrogens with one attached hydrogen (secondary N) is 2. The summed E-state index contributed by atoms with van der Waals surface area (Å²) in [6.45, 7) is 3.05. The summed E-state index contributed by atoms with van der Waals surface area (Å²) in [4.78, 5) is 12.5. The van der Waals surface area contributed by atoms with Crippen LogP contribution in [-0.2, 0) is 6.42 Å². The van der Waals surface area contributed by atoms with E-state index in [2.05, 4.69) is 29.7 Å². The molecule has 108 valence electrons. The van der Waals surface area contributed by atoms with Crippen LogP contribution in [0.3, 0.4) is 0 Å². The van der Waals surface area contributed by atoms with Crippen molar-refractivity contribution in [3.63, 3.8) is 0 Å². The maximum Gasteiger partial charge on any atom is 0.251 e. The molecule has 0 aliphatic carbocycles. The molecule has 21 heavy (non-hydrogen) atoms. The van der Waals surface area contributed by atoms with Crippen molar-refractivity contribution < 1.29 is 4.79 Å². The SMILES string of the molecule is CC[C@@H](NC(=O)c1ccc2c(c1)CCN2)c1ccccc1. The van der Waals surface area contributed by atoms with Crippen molar-refractivity contribution >= 4 is 11.6 Å². The largest absolute Gasteiger partial charge is 0.384 e. The average molecular weight is 280 g/mol. The zero-order valence-electron chi connectivity index (χ0n) is 12.2. The van der Waals surface area contributed by atoms with Gasteiger partial charge in [0, 0.05) is 17.8 Å². The van der Waals surface area contributed by atoms with Crippen molar-refractivity contribution in [1.82, 2.24) is 5.32 Å². The van der Waals surface area contributed by atoms with E-state index in [0.29, 0.717) is 0 Å². The van der Waals surface area contributed by atoms with Crippen LogP contribution in [0, 0.1) is 0 Å². The molecule has 3 rings (SSSR count). The molecule has 0 bridgehead atoms. The molecule has 1 heterocycles. The fourth-order valence-electron chi connectivity index (χ4n) is 2.79. The van der Waals surface area contributed by atoms with E-state index in [4.69, 9.17) is 0 Å². The maximum atomic E-state index is 12.5. The second kappa shape index (κ2) is 6.00. The third-order valence-electron chi connectivity index (χ3n) is 3.99. The standard InChI is InChI=1S/C18H20N2O/c1-2-16(13-6-4-3-5-7-13)20-18(21)15-8-9-17-14(12-15)10-11-19-17/h3-9,12,16,19H,2,10-11H2,1H3,(H,20,21)/t16-/m1/s1. The van der Waals surface area contributed by atoms with E-state index in [1.807, 2.05) is 36.4 Å². The molecule has 1 aliphatic rings. The topological polar surface area (TPSA) is 41.1 Å². The zero-order valence-corrected chi connectivity index (χ0v) is 12.2. The summed E-state index contributed by atoms with van der Waals surface area (Å²) in [6, 6.07) is 16.1. The number of carbonyl (C=O) groups is 1. The maximum absolute atomic E-state index is 12.5. The molecule has 2 N–H and O–H groups in total. The van der Waals surface area contributed by atoms with Crippen LogP contribution in [0.15, 0.2) is 48.5 Å². The lowest BCUT2D eigenvalue weighted by Crippen LogP contribution is -2.28. The second-order valence-corrected chi connectivity index (χ2v) is 5.39. The third-order valence-corrected chi connectivity index (χ3v) is 3.99. The Morgan fingerprint density at radius 1 is 1.24 bits per heavy atom. The van der Waals surface area contributed by atoms with Crippen LogP contribution >= 0.6 is 0 Å². The van der Waals surface area contributed by atoms with E-state index in [-0.39, 0.29) is 11.9 Å². The zero-order chi connectivity index (χ0) is 14.7. The van der Waals surface area contributed by atoms with Crippen LogP contribution in [0.25, 0.3) is 0 Å². The number of amides is 1. The number of carbonyl (C=O) groups excluding carboxylic acids is 1. The van der Waals surface area contributed by atoms with Gasteiger partial charge in [0.1, 0.15) is 0 Å². The van der Waals surface area contributed by atoms with Gasteiger partial charge in [0.15, 0.2) is 0 Å². The Morgan fingerprint density at radius 3 is 2.81 bits per heavy atom. The molecule has 2 aromatic carbocycles. The molecule has 1 atom stereocenters. The highest BCUT2D eigenvalue weighted by molar-refractivity contribution is 5.95. The predicted molar refractivity (Wildman–Crippen MR) is 85.6 cm³/mol. The Balaban J connectivity index is 1.76. The molecule has 0 fully saturated rings. The normalized spacial score (nSPS) is 14.1. The van der Waals surface area contributed by atoms with Crippen LogP contribution in [0.4, 0.5) is 5.69 Å². The molecule has 0 unspecified atom stereocenters. The van der Waals surface area contributed by atoms with Crippen molar-refractivity contribution in [2.24, 2.45) is 0 Å². The molecule has 2 aromatic rings. The third kappa shape index (κ3) is 2.92. The number of fused-ring (bicyclic) bond motifs is 1. The molecule has 0 saturated heterocycles. The first kappa shape index (κ1) is 13.7. The fraction of sp³-hybridized carbons (Fsp3) is 0.278. The summed E-state index contributed by atoms with van der Waals surface area (Å²) in [5.74, 6) is 0.000373. The Hall–Kier alpha value is -2.29. The summed E-state index contributed by atoms with van der Waals surface area (Å²) >= 11 is 0. The summed E-state index contributed by atoms with van der Waals surface area (Å²) in [5.41, 5.74) is 4.28. The first-order valence-corrected chi connectivity index (χ1v) is 7.50. The molecule has 0 aromatic heterocycles. The van der Waals surface area contributed by atoms with Gasteiger partial charge in [0.25, 0.3) is 5.91 Å². The molecule has 0 spiro atoms. The Bertz CT molecular complexity index is 637. The van der Waals surface area contributed by atoms with Gasteiger partial charge in [0.2, 0.25) is 0 Å². The van der Waals surface area contributed by atoms with Crippen molar-refractivity contribution in [2.45, 2.75) is 25.8 Å². The van der Waals surface area contributed by atoms with Crippen molar-refractivity contribution in [2.75, 3.05) is 11.9 Å². The summed E-state index contributed by atoms with van der Waals surface area (Å²) in [7, 11) is 0. The van der Waals surface area contributed by atoms with Crippen LogP contribution in [-0.4, -0.2) is 12.5 Å². The van der Waals surface area contributed by atoms with E-state index in [9.17, 15) is 4.79 Å². The number of hydrogen-bond donors (Lipinski definition) is 2. The van der Waals surface area contributed by atoms with Crippen LogP contribution in [0.1, 0.15) is 40.9 Å². The highest BCUT2D eigenvalue weighted by Crippen LogP contribution is 2.23. The minimum Gasteiger partial charge on any atom is -0.384 e. The molecule has 3 nitrogen and oxygen atoms in total. The molecule has 0 saturated carbocycles. The number of benzene rings is 2. The smallest absolute Gasteiger partial charge is 0.251 e. The van der Waals surface area contributed by atoms with Crippen molar-refractivity contribution in [1.29, 1.82) is 0 Å². The van der Waals surface area contributed by atoms with Gasteiger partial charge in [-0.2, -0.15) is 0 Å². The van der Waals surface area contributed by atoms with E-state index >= 15 is 0 Å². The Kier molecular flexibility index (Phi) is 3.91. The van der Waals surface area contributed by atoms with Crippen LogP contribution < -0.4 is 10.6 Å². The van der Waals surface area contributed by atoms with Crippen molar-refractivity contribution in [3.8, 4) is 0 Å². The van der Waals surface area contributed by atoms with Gasteiger partial charge in [-0.15, -0.1) is 0 Å². The van der Waals surface area contributed by atoms with Crippen molar-refractivity contribution in [3.05, 3.63) is 65.2 Å². The first-order valence-electron chi connectivity index (χ1n) is 7.50. The molecule has 1 aliphatic heterocycles. The number of hydrogen-bond acceptors (Lipinski definition) is 2. The molecular formula is C18H20N2O. The second-order valence-electron chi connectivity index (χ2n) is 5.39. The fourth-order valence-corrected chi connectivity index (χ4v) is 2.79. The van der Waals surface area contributed by atoms with Gasteiger partial charge >= 0.3 is 0 Å². The average Bonchev–Trinajstić information content (AvgIpc) is 3.00. The van der Waals surface area contributed by atoms with Crippen LogP contribution in [0.2, 0.25) is 0 Å². The lowest BCUT2D eigenvalue weighted by Gasteiger charge is -2.17. The quantitative estimate of drug-likeness (QED) is 0.899. The Labute approximate surface area is 125 Å². The van der Waals surface area contributed by atoms with E-state index in [0.717, 1.165) is 36.2 Å². The molecular weight excluding hydrogens is 260 g/mol.